The van der Waals surface area contributed by atoms with Crippen molar-refractivity contribution in [3.8, 4) is 0 Å². The van der Waals surface area contributed by atoms with Crippen molar-refractivity contribution < 1.29 is 0 Å². The molecule has 2 heterocycles. The number of imidazole rings is 1. The average Bonchev–Trinajstić information content (AvgIpc) is 2.79. The zero-order chi connectivity index (χ0) is 13.2. The van der Waals surface area contributed by atoms with Crippen LogP contribution >= 0.6 is 0 Å². The third-order valence-electron chi connectivity index (χ3n) is 3.14. The number of nitrogens with one attached hydrogen (secondary N) is 1. The Balaban J connectivity index is 2.12. The Bertz CT molecular complexity index is 684. The molecular weight excluding hydrogens is 234 g/mol. The molecule has 0 aliphatic heterocycles. The number of aromatic nitrogens is 2. The van der Waals surface area contributed by atoms with E-state index < -0.39 is 0 Å². The maximum Gasteiger partial charge on any atom is 0.138 e. The van der Waals surface area contributed by atoms with E-state index in [2.05, 4.69) is 35.7 Å². The Labute approximate surface area is 112 Å². The van der Waals surface area contributed by atoms with Gasteiger partial charge in [-0.25, -0.2) is 4.98 Å². The maximum atomic E-state index is 4.71. The lowest BCUT2D eigenvalue weighted by molar-refractivity contribution is 0.837. The first-order valence-electron chi connectivity index (χ1n) is 6.55. The molecule has 1 aromatic carbocycles. The highest BCUT2D eigenvalue weighted by Crippen LogP contribution is 2.27. The van der Waals surface area contributed by atoms with Crippen LogP contribution < -0.4 is 5.32 Å². The molecule has 0 spiro atoms. The van der Waals surface area contributed by atoms with Crippen molar-refractivity contribution >= 4 is 17.2 Å². The van der Waals surface area contributed by atoms with Gasteiger partial charge in [0.1, 0.15) is 11.5 Å². The lowest BCUT2D eigenvalue weighted by Crippen LogP contribution is -1.99. The Kier molecular flexibility index (Phi) is 2.95. The van der Waals surface area contributed by atoms with Gasteiger partial charge in [0.25, 0.3) is 0 Å². The van der Waals surface area contributed by atoms with Crippen molar-refractivity contribution in [2.75, 3.05) is 5.32 Å². The molecule has 3 heteroatoms. The van der Waals surface area contributed by atoms with Crippen molar-refractivity contribution in [3.63, 3.8) is 0 Å². The standard InChI is InChI=1S/C16H17N3/c1-12(2)15-16(17-13-8-4-3-5-9-13)19-11-7-6-10-14(19)18-15/h3-12,17H,1-2H3. The van der Waals surface area contributed by atoms with E-state index in [1.807, 2.05) is 42.6 Å². The summed E-state index contributed by atoms with van der Waals surface area (Å²) in [5.41, 5.74) is 3.15. The summed E-state index contributed by atoms with van der Waals surface area (Å²) >= 11 is 0. The van der Waals surface area contributed by atoms with E-state index in [1.54, 1.807) is 0 Å². The molecule has 3 nitrogen and oxygen atoms in total. The van der Waals surface area contributed by atoms with Gasteiger partial charge in [-0.3, -0.25) is 4.40 Å². The monoisotopic (exact) mass is 251 g/mol. The molecule has 0 saturated heterocycles. The fourth-order valence-electron chi connectivity index (χ4n) is 2.20. The molecule has 0 atom stereocenters. The summed E-state index contributed by atoms with van der Waals surface area (Å²) in [4.78, 5) is 4.71. The molecular formula is C16H17N3. The number of para-hydroxylation sites is 1. The van der Waals surface area contributed by atoms with Crippen LogP contribution in [0.25, 0.3) is 5.65 Å². The summed E-state index contributed by atoms with van der Waals surface area (Å²) in [7, 11) is 0. The second kappa shape index (κ2) is 4.76. The number of pyridine rings is 1. The van der Waals surface area contributed by atoms with Crippen LogP contribution in [0.1, 0.15) is 25.5 Å². The first kappa shape index (κ1) is 11.8. The van der Waals surface area contributed by atoms with Crippen molar-refractivity contribution in [1.82, 2.24) is 9.38 Å². The van der Waals surface area contributed by atoms with Gasteiger partial charge < -0.3 is 5.32 Å². The van der Waals surface area contributed by atoms with Gasteiger partial charge in [0, 0.05) is 11.9 Å². The van der Waals surface area contributed by atoms with Gasteiger partial charge in [0.15, 0.2) is 0 Å². The minimum absolute atomic E-state index is 0.381. The number of anilines is 2. The lowest BCUT2D eigenvalue weighted by atomic mass is 10.1. The van der Waals surface area contributed by atoms with Gasteiger partial charge in [0.2, 0.25) is 0 Å². The topological polar surface area (TPSA) is 29.3 Å². The normalized spacial score (nSPS) is 11.1. The zero-order valence-electron chi connectivity index (χ0n) is 11.2. The van der Waals surface area contributed by atoms with Crippen LogP contribution in [0.2, 0.25) is 0 Å². The Morgan fingerprint density at radius 2 is 1.74 bits per heavy atom. The van der Waals surface area contributed by atoms with E-state index in [4.69, 9.17) is 4.98 Å². The molecule has 0 fully saturated rings. The predicted octanol–water partition coefficient (Wildman–Crippen LogP) is 4.20. The maximum absolute atomic E-state index is 4.71. The molecule has 3 rings (SSSR count). The first-order valence-corrected chi connectivity index (χ1v) is 6.55. The van der Waals surface area contributed by atoms with Gasteiger partial charge in [-0.15, -0.1) is 0 Å². The smallest absolute Gasteiger partial charge is 0.138 e. The summed E-state index contributed by atoms with van der Waals surface area (Å²) in [6, 6.07) is 16.3. The fraction of sp³-hybridized carbons (Fsp3) is 0.188. The summed E-state index contributed by atoms with van der Waals surface area (Å²) in [5.74, 6) is 1.43. The van der Waals surface area contributed by atoms with Crippen LogP contribution in [-0.2, 0) is 0 Å². The Morgan fingerprint density at radius 1 is 1.00 bits per heavy atom. The molecule has 0 aliphatic rings. The van der Waals surface area contributed by atoms with E-state index in [1.165, 1.54) is 0 Å². The molecule has 96 valence electrons. The molecule has 0 radical (unpaired) electrons. The SMILES string of the molecule is CC(C)c1nc2ccccn2c1Nc1ccccc1. The third-order valence-corrected chi connectivity index (χ3v) is 3.14. The molecule has 19 heavy (non-hydrogen) atoms. The van der Waals surface area contributed by atoms with Crippen molar-refractivity contribution in [2.45, 2.75) is 19.8 Å². The second-order valence-corrected chi connectivity index (χ2v) is 4.92. The molecule has 0 saturated carbocycles. The van der Waals surface area contributed by atoms with E-state index in [0.29, 0.717) is 5.92 Å². The summed E-state index contributed by atoms with van der Waals surface area (Å²) in [5, 5.41) is 3.48. The average molecular weight is 251 g/mol. The van der Waals surface area contributed by atoms with Gasteiger partial charge in [0.05, 0.1) is 5.69 Å². The molecule has 2 aromatic heterocycles. The molecule has 0 aliphatic carbocycles. The summed E-state index contributed by atoms with van der Waals surface area (Å²) < 4.78 is 2.10. The van der Waals surface area contributed by atoms with E-state index in [0.717, 1.165) is 22.8 Å². The summed E-state index contributed by atoms with van der Waals surface area (Å²) in [6.07, 6.45) is 2.04. The predicted molar refractivity (Wildman–Crippen MR) is 79.0 cm³/mol. The van der Waals surface area contributed by atoms with E-state index in [9.17, 15) is 0 Å². The number of nitrogens with zero attached hydrogens (tertiary/aromatic N) is 2. The Morgan fingerprint density at radius 3 is 2.47 bits per heavy atom. The molecule has 3 aromatic rings. The summed E-state index contributed by atoms with van der Waals surface area (Å²) in [6.45, 7) is 4.33. The minimum atomic E-state index is 0.381. The van der Waals surface area contributed by atoms with Gasteiger partial charge in [-0.2, -0.15) is 0 Å². The van der Waals surface area contributed by atoms with Crippen molar-refractivity contribution in [2.24, 2.45) is 0 Å². The largest absolute Gasteiger partial charge is 0.340 e. The van der Waals surface area contributed by atoms with E-state index in [-0.39, 0.29) is 0 Å². The van der Waals surface area contributed by atoms with E-state index >= 15 is 0 Å². The highest BCUT2D eigenvalue weighted by Gasteiger charge is 2.14. The molecule has 0 amide bonds. The van der Waals surface area contributed by atoms with Gasteiger partial charge in [-0.05, 0) is 30.2 Å². The number of benzene rings is 1. The lowest BCUT2D eigenvalue weighted by Gasteiger charge is -2.10. The van der Waals surface area contributed by atoms with Crippen LogP contribution in [0, 0.1) is 0 Å². The first-order chi connectivity index (χ1) is 9.25. The fourth-order valence-corrected chi connectivity index (χ4v) is 2.20. The van der Waals surface area contributed by atoms with Crippen molar-refractivity contribution in [1.29, 1.82) is 0 Å². The highest BCUT2D eigenvalue weighted by molar-refractivity contribution is 5.64. The number of rotatable bonds is 3. The van der Waals surface area contributed by atoms with Crippen LogP contribution in [0.15, 0.2) is 54.7 Å². The zero-order valence-corrected chi connectivity index (χ0v) is 11.2. The molecule has 0 bridgehead atoms. The van der Waals surface area contributed by atoms with Crippen molar-refractivity contribution in [3.05, 3.63) is 60.4 Å². The number of fused-ring (bicyclic) bond motifs is 1. The Hall–Kier alpha value is -2.29. The van der Waals surface area contributed by atoms with Crippen LogP contribution in [0.5, 0.6) is 0 Å². The van der Waals surface area contributed by atoms with Gasteiger partial charge in [-0.1, -0.05) is 38.1 Å². The quantitative estimate of drug-likeness (QED) is 0.756. The second-order valence-electron chi connectivity index (χ2n) is 4.92. The third kappa shape index (κ3) is 2.19. The highest BCUT2D eigenvalue weighted by atomic mass is 15.1. The van der Waals surface area contributed by atoms with Crippen LogP contribution in [0.4, 0.5) is 11.5 Å². The molecule has 0 unspecified atom stereocenters. The van der Waals surface area contributed by atoms with Crippen LogP contribution in [0.3, 0.4) is 0 Å². The van der Waals surface area contributed by atoms with Crippen LogP contribution in [-0.4, -0.2) is 9.38 Å². The number of hydrogen-bond donors (Lipinski definition) is 1. The number of hydrogen-bond acceptors (Lipinski definition) is 2. The minimum Gasteiger partial charge on any atom is -0.340 e. The van der Waals surface area contributed by atoms with Gasteiger partial charge >= 0.3 is 0 Å². The molecule has 1 N–H and O–H groups in total.